The zero-order valence-electron chi connectivity index (χ0n) is 14.4. The first-order chi connectivity index (χ1) is 9.91. The van der Waals surface area contributed by atoms with Crippen LogP contribution in [0.2, 0.25) is 0 Å². The highest BCUT2D eigenvalue weighted by molar-refractivity contribution is 5.80. The summed E-state index contributed by atoms with van der Waals surface area (Å²) in [6.07, 6.45) is 4.40. The topological polar surface area (TPSA) is 44.8 Å². The minimum absolute atomic E-state index is 0.178. The third-order valence-corrected chi connectivity index (χ3v) is 4.81. The lowest BCUT2D eigenvalue weighted by Crippen LogP contribution is -2.48. The van der Waals surface area contributed by atoms with E-state index in [1.165, 1.54) is 39.6 Å². The molecule has 1 saturated heterocycles. The number of nitrogens with one attached hydrogen (secondary N) is 1. The minimum Gasteiger partial charge on any atom is -0.468 e. The van der Waals surface area contributed by atoms with Gasteiger partial charge >= 0.3 is 5.97 Å². The van der Waals surface area contributed by atoms with Gasteiger partial charge in [-0.1, -0.05) is 0 Å². The molecule has 5 nitrogen and oxygen atoms in total. The van der Waals surface area contributed by atoms with Crippen LogP contribution in [0.5, 0.6) is 0 Å². The first-order valence-corrected chi connectivity index (χ1v) is 8.05. The summed E-state index contributed by atoms with van der Waals surface area (Å²) in [6, 6.07) is 0. The number of carbonyl (C=O) groups excluding carboxylic acids is 1. The van der Waals surface area contributed by atoms with Gasteiger partial charge in [0.2, 0.25) is 0 Å². The van der Waals surface area contributed by atoms with Gasteiger partial charge in [-0.15, -0.1) is 0 Å². The van der Waals surface area contributed by atoms with Crippen LogP contribution in [-0.4, -0.2) is 75.7 Å². The van der Waals surface area contributed by atoms with Crippen LogP contribution in [-0.2, 0) is 9.53 Å². The molecule has 1 unspecified atom stereocenters. The lowest BCUT2D eigenvalue weighted by molar-refractivity contribution is -0.148. The van der Waals surface area contributed by atoms with Crippen molar-refractivity contribution >= 4 is 5.97 Å². The largest absolute Gasteiger partial charge is 0.468 e. The molecule has 0 aromatic heterocycles. The van der Waals surface area contributed by atoms with Crippen molar-refractivity contribution in [2.75, 3.05) is 54.4 Å². The van der Waals surface area contributed by atoms with E-state index < -0.39 is 5.54 Å². The summed E-state index contributed by atoms with van der Waals surface area (Å²) >= 11 is 0. The van der Waals surface area contributed by atoms with Crippen LogP contribution in [0.3, 0.4) is 0 Å². The molecule has 1 heterocycles. The van der Waals surface area contributed by atoms with Gasteiger partial charge in [0.15, 0.2) is 0 Å². The van der Waals surface area contributed by atoms with Gasteiger partial charge in [-0.2, -0.15) is 0 Å². The molecule has 1 N–H and O–H groups in total. The van der Waals surface area contributed by atoms with Crippen LogP contribution in [0.4, 0.5) is 0 Å². The Labute approximate surface area is 130 Å². The van der Waals surface area contributed by atoms with Gasteiger partial charge in [-0.25, -0.2) is 0 Å². The van der Waals surface area contributed by atoms with Crippen LogP contribution in [0.25, 0.3) is 0 Å². The number of rotatable bonds is 8. The Hall–Kier alpha value is -0.650. The van der Waals surface area contributed by atoms with Crippen molar-refractivity contribution in [1.29, 1.82) is 0 Å². The molecule has 0 aromatic carbocycles. The number of likely N-dealkylation sites (N-methyl/N-ethyl adjacent to an activating group) is 1. The smallest absolute Gasteiger partial charge is 0.325 e. The molecule has 0 radical (unpaired) electrons. The number of nitrogens with zero attached hydrogens (tertiary/aromatic N) is 2. The normalized spacial score (nSPS) is 20.5. The predicted octanol–water partition coefficient (Wildman–Crippen LogP) is 1.19. The summed E-state index contributed by atoms with van der Waals surface area (Å²) in [4.78, 5) is 16.6. The van der Waals surface area contributed by atoms with Crippen LogP contribution in [0.1, 0.15) is 32.6 Å². The minimum atomic E-state index is -0.566. The van der Waals surface area contributed by atoms with E-state index in [0.717, 1.165) is 25.3 Å². The molecule has 0 aliphatic carbocycles. The number of esters is 1. The Kier molecular flexibility index (Phi) is 7.63. The molecule has 21 heavy (non-hydrogen) atoms. The SMILES string of the molecule is CNC(C)(CCCN(C)CC1CCN(C)CC1)C(=O)OC. The van der Waals surface area contributed by atoms with Crippen molar-refractivity contribution in [1.82, 2.24) is 15.1 Å². The van der Waals surface area contributed by atoms with E-state index >= 15 is 0 Å². The maximum absolute atomic E-state index is 11.8. The predicted molar refractivity (Wildman–Crippen MR) is 86.4 cm³/mol. The standard InChI is InChI=1S/C16H33N3O2/c1-16(17-2,15(20)21-5)9-6-10-19(4)13-14-7-11-18(3)12-8-14/h14,17H,6-13H2,1-5H3. The van der Waals surface area contributed by atoms with Crippen LogP contribution >= 0.6 is 0 Å². The highest BCUT2D eigenvalue weighted by Crippen LogP contribution is 2.18. The summed E-state index contributed by atoms with van der Waals surface area (Å²) in [6.45, 7) is 6.55. The number of carbonyl (C=O) groups is 1. The second-order valence-electron chi connectivity index (χ2n) is 6.69. The van der Waals surface area contributed by atoms with E-state index in [4.69, 9.17) is 4.74 Å². The van der Waals surface area contributed by atoms with Crippen molar-refractivity contribution in [3.05, 3.63) is 0 Å². The molecule has 0 amide bonds. The molecule has 0 bridgehead atoms. The van der Waals surface area contributed by atoms with E-state index in [-0.39, 0.29) is 5.97 Å². The molecule has 0 spiro atoms. The Bertz CT molecular complexity index is 317. The molecule has 1 rings (SSSR count). The number of likely N-dealkylation sites (tertiary alicyclic amines) is 1. The van der Waals surface area contributed by atoms with Crippen LogP contribution in [0, 0.1) is 5.92 Å². The first kappa shape index (κ1) is 18.4. The molecule has 1 atom stereocenters. The molecule has 5 heteroatoms. The number of hydrogen-bond acceptors (Lipinski definition) is 5. The zero-order chi connectivity index (χ0) is 15.9. The number of methoxy groups -OCH3 is 1. The monoisotopic (exact) mass is 299 g/mol. The summed E-state index contributed by atoms with van der Waals surface area (Å²) < 4.78 is 4.88. The number of hydrogen-bond donors (Lipinski definition) is 1. The molecule has 0 saturated carbocycles. The molecule has 1 fully saturated rings. The van der Waals surface area contributed by atoms with Gasteiger partial charge in [0.25, 0.3) is 0 Å². The molecule has 1 aliphatic heterocycles. The third-order valence-electron chi connectivity index (χ3n) is 4.81. The molecular weight excluding hydrogens is 266 g/mol. The van der Waals surface area contributed by atoms with Crippen molar-refractivity contribution in [2.45, 2.75) is 38.1 Å². The molecule has 1 aliphatic rings. The second kappa shape index (κ2) is 8.71. The van der Waals surface area contributed by atoms with E-state index in [0.29, 0.717) is 0 Å². The van der Waals surface area contributed by atoms with Gasteiger partial charge in [0.05, 0.1) is 7.11 Å². The fraction of sp³-hybridized carbons (Fsp3) is 0.938. The fourth-order valence-electron chi connectivity index (χ4n) is 3.03. The lowest BCUT2D eigenvalue weighted by atomic mass is 9.95. The van der Waals surface area contributed by atoms with Crippen LogP contribution in [0.15, 0.2) is 0 Å². The summed E-state index contributed by atoms with van der Waals surface area (Å²) in [5.41, 5.74) is -0.566. The first-order valence-electron chi connectivity index (χ1n) is 8.05. The van der Waals surface area contributed by atoms with E-state index in [9.17, 15) is 4.79 Å². The van der Waals surface area contributed by atoms with E-state index in [1.54, 1.807) is 0 Å². The Morgan fingerprint density at radius 1 is 1.43 bits per heavy atom. The van der Waals surface area contributed by atoms with Crippen LogP contribution < -0.4 is 5.32 Å². The maximum Gasteiger partial charge on any atom is 0.325 e. The Balaban J connectivity index is 2.26. The van der Waals surface area contributed by atoms with Crippen molar-refractivity contribution in [3.8, 4) is 0 Å². The molecule has 124 valence electrons. The zero-order valence-corrected chi connectivity index (χ0v) is 14.4. The van der Waals surface area contributed by atoms with Gasteiger partial charge in [0.1, 0.15) is 5.54 Å². The van der Waals surface area contributed by atoms with Crippen molar-refractivity contribution in [3.63, 3.8) is 0 Å². The highest BCUT2D eigenvalue weighted by Gasteiger charge is 2.31. The molecular formula is C16H33N3O2. The van der Waals surface area contributed by atoms with Crippen molar-refractivity contribution in [2.24, 2.45) is 5.92 Å². The Morgan fingerprint density at radius 3 is 2.57 bits per heavy atom. The van der Waals surface area contributed by atoms with E-state index in [2.05, 4.69) is 29.2 Å². The van der Waals surface area contributed by atoms with Crippen molar-refractivity contribution < 1.29 is 9.53 Å². The summed E-state index contributed by atoms with van der Waals surface area (Å²) in [7, 11) is 7.65. The quantitative estimate of drug-likeness (QED) is 0.682. The third kappa shape index (κ3) is 5.93. The maximum atomic E-state index is 11.8. The van der Waals surface area contributed by atoms with Gasteiger partial charge in [-0.3, -0.25) is 4.79 Å². The molecule has 0 aromatic rings. The number of piperidine rings is 1. The lowest BCUT2D eigenvalue weighted by Gasteiger charge is -2.32. The highest BCUT2D eigenvalue weighted by atomic mass is 16.5. The summed E-state index contributed by atoms with van der Waals surface area (Å²) in [5.74, 6) is 0.644. The van der Waals surface area contributed by atoms with Gasteiger partial charge in [-0.05, 0) is 79.3 Å². The van der Waals surface area contributed by atoms with Gasteiger partial charge in [0, 0.05) is 6.54 Å². The average Bonchev–Trinajstić information content (AvgIpc) is 2.48. The second-order valence-corrected chi connectivity index (χ2v) is 6.69. The Morgan fingerprint density at radius 2 is 2.05 bits per heavy atom. The summed E-state index contributed by atoms with van der Waals surface area (Å²) in [5, 5.41) is 3.09. The fourth-order valence-corrected chi connectivity index (χ4v) is 3.03. The number of ether oxygens (including phenoxy) is 1. The average molecular weight is 299 g/mol. The van der Waals surface area contributed by atoms with E-state index in [1.807, 2.05) is 14.0 Å². The van der Waals surface area contributed by atoms with Gasteiger partial charge < -0.3 is 19.9 Å².